The number of carbonyl (C=O) groups is 2. The molecule has 0 radical (unpaired) electrons. The van der Waals surface area contributed by atoms with Crippen molar-refractivity contribution in [2.45, 2.75) is 50.7 Å². The highest BCUT2D eigenvalue weighted by molar-refractivity contribution is 7.10. The Morgan fingerprint density at radius 2 is 1.79 bits per heavy atom. The molecule has 2 aromatic carbocycles. The van der Waals surface area contributed by atoms with Crippen molar-refractivity contribution >= 4 is 39.9 Å². The topological polar surface area (TPSA) is 98.6 Å². The van der Waals surface area contributed by atoms with Gasteiger partial charge in [0.1, 0.15) is 29.6 Å². The van der Waals surface area contributed by atoms with E-state index in [2.05, 4.69) is 15.6 Å². The van der Waals surface area contributed by atoms with Crippen LogP contribution < -0.4 is 19.7 Å². The molecule has 5 rings (SSSR count). The number of para-hydroxylation sites is 1. The molecule has 2 amide bonds. The van der Waals surface area contributed by atoms with E-state index in [1.165, 1.54) is 22.7 Å². The molecule has 0 aliphatic heterocycles. The number of thiophene rings is 1. The first kappa shape index (κ1) is 25.7. The second-order valence-corrected chi connectivity index (χ2v) is 10.3. The van der Waals surface area contributed by atoms with E-state index in [9.17, 15) is 9.59 Å². The summed E-state index contributed by atoms with van der Waals surface area (Å²) in [6, 6.07) is 15.7. The third kappa shape index (κ3) is 5.50. The van der Waals surface area contributed by atoms with Gasteiger partial charge in [0.05, 0.1) is 25.4 Å². The van der Waals surface area contributed by atoms with Crippen molar-refractivity contribution in [3.63, 3.8) is 0 Å². The van der Waals surface area contributed by atoms with Crippen LogP contribution in [-0.2, 0) is 16.1 Å². The summed E-state index contributed by atoms with van der Waals surface area (Å²) in [6.45, 7) is -0.0986. The minimum atomic E-state index is -0.879. The predicted octanol–water partition coefficient (Wildman–Crippen LogP) is 4.73. The molecule has 0 spiro atoms. The Bertz CT molecular complexity index is 1380. The molecule has 10 heteroatoms. The zero-order valence-corrected chi connectivity index (χ0v) is 22.3. The molecule has 0 saturated heterocycles. The van der Waals surface area contributed by atoms with Crippen molar-refractivity contribution < 1.29 is 19.1 Å². The zero-order valence-electron chi connectivity index (χ0n) is 21.5. The summed E-state index contributed by atoms with van der Waals surface area (Å²) < 4.78 is 12.6. The van der Waals surface area contributed by atoms with Crippen LogP contribution in [0.2, 0.25) is 0 Å². The van der Waals surface area contributed by atoms with E-state index < -0.39 is 6.04 Å². The lowest BCUT2D eigenvalue weighted by Crippen LogP contribution is -2.48. The van der Waals surface area contributed by atoms with E-state index in [-0.39, 0.29) is 24.4 Å². The van der Waals surface area contributed by atoms with Gasteiger partial charge in [0.15, 0.2) is 0 Å². The molecule has 1 aliphatic rings. The summed E-state index contributed by atoms with van der Waals surface area (Å²) in [5.74, 6) is 0.507. The SMILES string of the molecule is COc1cc(OC)cc(N(C(=O)Cn2nnc3ccccc32)[C@H](C(=O)NC2CCCCC2)c2cccs2)c1. The maximum absolute atomic E-state index is 14.2. The lowest BCUT2D eigenvalue weighted by atomic mass is 9.95. The summed E-state index contributed by atoms with van der Waals surface area (Å²) in [4.78, 5) is 30.4. The monoisotopic (exact) mass is 533 g/mol. The normalized spacial score (nSPS) is 14.7. The predicted molar refractivity (Wildman–Crippen MR) is 147 cm³/mol. The third-order valence-electron chi connectivity index (χ3n) is 6.86. The number of methoxy groups -OCH3 is 2. The van der Waals surface area contributed by atoms with Crippen molar-refractivity contribution in [2.24, 2.45) is 0 Å². The summed E-state index contributed by atoms with van der Waals surface area (Å²) in [7, 11) is 3.11. The van der Waals surface area contributed by atoms with Gasteiger partial charge in [0.2, 0.25) is 11.8 Å². The first-order valence-electron chi connectivity index (χ1n) is 12.7. The van der Waals surface area contributed by atoms with Gasteiger partial charge in [0.25, 0.3) is 0 Å². The number of hydrogen-bond acceptors (Lipinski definition) is 7. The Morgan fingerprint density at radius 3 is 2.47 bits per heavy atom. The molecule has 0 unspecified atom stereocenters. The Balaban J connectivity index is 1.57. The molecule has 4 aromatic rings. The quantitative estimate of drug-likeness (QED) is 0.334. The van der Waals surface area contributed by atoms with Gasteiger partial charge in [-0.1, -0.05) is 42.7 Å². The fourth-order valence-corrected chi connectivity index (χ4v) is 5.77. The van der Waals surface area contributed by atoms with E-state index in [0.29, 0.717) is 22.7 Å². The standard InChI is InChI=1S/C28H31N5O4S/c1-36-21-15-20(16-22(17-21)37-2)33(26(34)18-32-24-12-7-6-11-23(24)30-31-32)27(25-13-8-14-38-25)28(35)29-19-9-4-3-5-10-19/h6-8,11-17,19,27H,3-5,9-10,18H2,1-2H3,(H,29,35)/t27-/m0/s1. The van der Waals surface area contributed by atoms with Crippen molar-refractivity contribution in [3.8, 4) is 11.5 Å². The van der Waals surface area contributed by atoms with Gasteiger partial charge >= 0.3 is 0 Å². The number of nitrogens with one attached hydrogen (secondary N) is 1. The lowest BCUT2D eigenvalue weighted by molar-refractivity contribution is -0.127. The van der Waals surface area contributed by atoms with Crippen LogP contribution in [0.5, 0.6) is 11.5 Å². The van der Waals surface area contributed by atoms with Gasteiger partial charge in [0, 0.05) is 29.1 Å². The van der Waals surface area contributed by atoms with E-state index in [1.807, 2.05) is 41.8 Å². The van der Waals surface area contributed by atoms with Crippen LogP contribution in [0.3, 0.4) is 0 Å². The van der Waals surface area contributed by atoms with Crippen LogP contribution in [0.4, 0.5) is 5.69 Å². The second-order valence-electron chi connectivity index (χ2n) is 9.33. The first-order chi connectivity index (χ1) is 18.6. The minimum absolute atomic E-state index is 0.0924. The highest BCUT2D eigenvalue weighted by atomic mass is 32.1. The van der Waals surface area contributed by atoms with E-state index in [0.717, 1.165) is 36.1 Å². The van der Waals surface area contributed by atoms with Crippen LogP contribution in [0.1, 0.15) is 43.0 Å². The molecule has 0 bridgehead atoms. The van der Waals surface area contributed by atoms with Crippen LogP contribution in [0, 0.1) is 0 Å². The highest BCUT2D eigenvalue weighted by Gasteiger charge is 2.35. The Morgan fingerprint density at radius 1 is 1.05 bits per heavy atom. The van der Waals surface area contributed by atoms with Crippen molar-refractivity contribution in [2.75, 3.05) is 19.1 Å². The maximum atomic E-state index is 14.2. The number of amides is 2. The van der Waals surface area contributed by atoms with Crippen LogP contribution in [-0.4, -0.2) is 47.1 Å². The van der Waals surface area contributed by atoms with E-state index >= 15 is 0 Å². The average molecular weight is 534 g/mol. The summed E-state index contributed by atoms with van der Waals surface area (Å²) in [5, 5.41) is 13.5. The summed E-state index contributed by atoms with van der Waals surface area (Å²) >= 11 is 1.44. The van der Waals surface area contributed by atoms with Crippen LogP contribution >= 0.6 is 11.3 Å². The number of aromatic nitrogens is 3. The van der Waals surface area contributed by atoms with Gasteiger partial charge in [-0.2, -0.15) is 0 Å². The number of hydrogen-bond donors (Lipinski definition) is 1. The molecule has 2 heterocycles. The Kier molecular flexibility index (Phi) is 7.88. The van der Waals surface area contributed by atoms with Gasteiger partial charge in [-0.15, -0.1) is 16.4 Å². The van der Waals surface area contributed by atoms with Crippen molar-refractivity contribution in [1.29, 1.82) is 0 Å². The molecule has 1 N–H and O–H groups in total. The maximum Gasteiger partial charge on any atom is 0.249 e. The number of rotatable bonds is 9. The van der Waals surface area contributed by atoms with Crippen LogP contribution in [0.15, 0.2) is 60.0 Å². The zero-order chi connectivity index (χ0) is 26.5. The van der Waals surface area contributed by atoms with Crippen molar-refractivity contribution in [1.82, 2.24) is 20.3 Å². The molecular weight excluding hydrogens is 502 g/mol. The Labute approximate surface area is 225 Å². The molecule has 1 atom stereocenters. The summed E-state index contributed by atoms with van der Waals surface area (Å²) in [5.41, 5.74) is 1.93. The number of nitrogens with zero attached hydrogens (tertiary/aromatic N) is 4. The van der Waals surface area contributed by atoms with Crippen LogP contribution in [0.25, 0.3) is 11.0 Å². The van der Waals surface area contributed by atoms with Crippen molar-refractivity contribution in [3.05, 3.63) is 64.9 Å². The third-order valence-corrected chi connectivity index (χ3v) is 7.78. The first-order valence-corrected chi connectivity index (χ1v) is 13.6. The number of fused-ring (bicyclic) bond motifs is 1. The molecule has 1 saturated carbocycles. The lowest BCUT2D eigenvalue weighted by Gasteiger charge is -2.33. The van der Waals surface area contributed by atoms with Gasteiger partial charge in [-0.05, 0) is 36.4 Å². The van der Waals surface area contributed by atoms with E-state index in [4.69, 9.17) is 9.47 Å². The van der Waals surface area contributed by atoms with E-state index in [1.54, 1.807) is 37.1 Å². The fourth-order valence-electron chi connectivity index (χ4n) is 4.95. The number of benzene rings is 2. The molecule has 198 valence electrons. The molecule has 1 fully saturated rings. The molecule has 1 aliphatic carbocycles. The fraction of sp³-hybridized carbons (Fsp3) is 0.357. The molecule has 9 nitrogen and oxygen atoms in total. The average Bonchev–Trinajstić information content (AvgIpc) is 3.62. The largest absolute Gasteiger partial charge is 0.497 e. The number of anilines is 1. The second kappa shape index (κ2) is 11.6. The Hall–Kier alpha value is -3.92. The molecule has 38 heavy (non-hydrogen) atoms. The smallest absolute Gasteiger partial charge is 0.249 e. The number of ether oxygens (including phenoxy) is 2. The van der Waals surface area contributed by atoms with Gasteiger partial charge in [-0.3, -0.25) is 14.5 Å². The van der Waals surface area contributed by atoms with Gasteiger partial charge in [-0.25, -0.2) is 4.68 Å². The molecule has 2 aromatic heterocycles. The number of carbonyl (C=O) groups excluding carboxylic acids is 2. The summed E-state index contributed by atoms with van der Waals surface area (Å²) in [6.07, 6.45) is 5.23. The minimum Gasteiger partial charge on any atom is -0.497 e. The highest BCUT2D eigenvalue weighted by Crippen LogP contribution is 2.36. The molecular formula is C28H31N5O4S. The van der Waals surface area contributed by atoms with Gasteiger partial charge < -0.3 is 14.8 Å².